The Morgan fingerprint density at radius 3 is 2.75 bits per heavy atom. The van der Waals surface area contributed by atoms with Crippen molar-refractivity contribution >= 4 is 11.4 Å². The second-order valence-electron chi connectivity index (χ2n) is 7.45. The fourth-order valence-electron chi connectivity index (χ4n) is 3.84. The quantitative estimate of drug-likeness (QED) is 0.660. The van der Waals surface area contributed by atoms with E-state index in [-0.39, 0.29) is 5.82 Å². The number of methoxy groups -OCH3 is 1. The van der Waals surface area contributed by atoms with Gasteiger partial charge in [0, 0.05) is 24.2 Å². The van der Waals surface area contributed by atoms with Crippen molar-refractivity contribution in [1.29, 1.82) is 0 Å². The highest BCUT2D eigenvalue weighted by atomic mass is 19.1. The minimum absolute atomic E-state index is 0.320. The predicted octanol–water partition coefficient (Wildman–Crippen LogP) is 5.42. The van der Waals surface area contributed by atoms with Crippen LogP contribution < -0.4 is 15.2 Å². The molecular weight excluding hydrogens is 355 g/mol. The zero-order valence-electron chi connectivity index (χ0n) is 16.5. The molecule has 1 heterocycles. The van der Waals surface area contributed by atoms with Crippen LogP contribution >= 0.6 is 0 Å². The van der Waals surface area contributed by atoms with E-state index in [9.17, 15) is 4.39 Å². The molecule has 0 atom stereocenters. The molecule has 0 radical (unpaired) electrons. The van der Waals surface area contributed by atoms with Gasteiger partial charge in [-0.05, 0) is 41.7 Å². The molecule has 0 unspecified atom stereocenters. The maximum atomic E-state index is 14.7. The number of nitrogens with zero attached hydrogens (tertiary/aromatic N) is 1. The summed E-state index contributed by atoms with van der Waals surface area (Å²) in [4.78, 5) is 4.06. The van der Waals surface area contributed by atoms with E-state index in [0.717, 1.165) is 17.9 Å². The van der Waals surface area contributed by atoms with Gasteiger partial charge in [-0.3, -0.25) is 0 Å². The van der Waals surface area contributed by atoms with Crippen LogP contribution in [-0.2, 0) is 6.42 Å². The van der Waals surface area contributed by atoms with E-state index in [0.29, 0.717) is 41.5 Å². The number of rotatable bonds is 8. The van der Waals surface area contributed by atoms with Crippen molar-refractivity contribution in [2.75, 3.05) is 19.5 Å². The number of benzene rings is 1. The lowest BCUT2D eigenvalue weighted by molar-refractivity contribution is 0.237. The molecule has 150 valence electrons. The van der Waals surface area contributed by atoms with E-state index < -0.39 is 0 Å². The topological polar surface area (TPSA) is 57.4 Å². The fraction of sp³-hybridized carbons (Fsp3) is 0.435. The summed E-state index contributed by atoms with van der Waals surface area (Å²) in [6, 6.07) is 6.72. The van der Waals surface area contributed by atoms with Gasteiger partial charge in [-0.15, -0.1) is 0 Å². The van der Waals surface area contributed by atoms with Gasteiger partial charge >= 0.3 is 0 Å². The number of ether oxygens (including phenoxy) is 2. The molecule has 1 aromatic heterocycles. The average molecular weight is 384 g/mol. The summed E-state index contributed by atoms with van der Waals surface area (Å²) >= 11 is 0. The molecule has 28 heavy (non-hydrogen) atoms. The summed E-state index contributed by atoms with van der Waals surface area (Å²) in [5, 5.41) is 0. The first-order valence-electron chi connectivity index (χ1n) is 9.96. The zero-order valence-corrected chi connectivity index (χ0v) is 16.5. The number of aromatic nitrogens is 1. The monoisotopic (exact) mass is 384 g/mol. The Morgan fingerprint density at radius 1 is 1.25 bits per heavy atom. The van der Waals surface area contributed by atoms with E-state index in [4.69, 9.17) is 15.2 Å². The fourth-order valence-corrected chi connectivity index (χ4v) is 3.84. The number of allylic oxidation sites excluding steroid dienone is 1. The van der Waals surface area contributed by atoms with Gasteiger partial charge in [-0.25, -0.2) is 9.37 Å². The molecule has 2 N–H and O–H groups in total. The lowest BCUT2D eigenvalue weighted by Crippen LogP contribution is -2.11. The molecule has 2 aromatic rings. The first-order chi connectivity index (χ1) is 13.6. The smallest absolute Gasteiger partial charge is 0.164 e. The van der Waals surface area contributed by atoms with E-state index >= 15 is 0 Å². The number of halogens is 1. The molecule has 1 aliphatic rings. The van der Waals surface area contributed by atoms with Gasteiger partial charge in [-0.2, -0.15) is 0 Å². The molecule has 0 amide bonds. The van der Waals surface area contributed by atoms with Crippen LogP contribution in [0.2, 0.25) is 0 Å². The standard InChI is InChI=1S/C23H29FN2O2/c1-16(19-9-6-11-26-23(19)25)13-18-14-21(27-2)22(15-20(18)24)28-12-10-17-7-4-3-5-8-17/h6,9,11,14-15,17H,1,3-5,7-8,10,12-13H2,2H3,(H2,25,26). The largest absolute Gasteiger partial charge is 0.493 e. The number of hydrogen-bond acceptors (Lipinski definition) is 4. The Morgan fingerprint density at radius 2 is 2.04 bits per heavy atom. The Hall–Kier alpha value is -2.56. The van der Waals surface area contributed by atoms with Crippen LogP contribution in [0.15, 0.2) is 37.0 Å². The van der Waals surface area contributed by atoms with Crippen molar-refractivity contribution in [1.82, 2.24) is 4.98 Å². The van der Waals surface area contributed by atoms with Gasteiger partial charge in [-0.1, -0.05) is 38.7 Å². The molecule has 1 fully saturated rings. The van der Waals surface area contributed by atoms with Crippen LogP contribution in [0.4, 0.5) is 10.2 Å². The molecule has 3 rings (SSSR count). The number of nitrogen functional groups attached to an aromatic ring is 1. The van der Waals surface area contributed by atoms with Gasteiger partial charge < -0.3 is 15.2 Å². The van der Waals surface area contributed by atoms with E-state index in [1.165, 1.54) is 38.2 Å². The third-order valence-corrected chi connectivity index (χ3v) is 5.46. The van der Waals surface area contributed by atoms with Crippen LogP contribution in [0, 0.1) is 11.7 Å². The molecule has 1 aromatic carbocycles. The predicted molar refractivity (Wildman–Crippen MR) is 111 cm³/mol. The van der Waals surface area contributed by atoms with Gasteiger partial charge in [0.2, 0.25) is 0 Å². The molecule has 4 nitrogen and oxygen atoms in total. The Balaban J connectivity index is 1.67. The van der Waals surface area contributed by atoms with Crippen molar-refractivity contribution in [2.45, 2.75) is 44.9 Å². The number of nitrogens with two attached hydrogens (primary N) is 1. The molecule has 0 bridgehead atoms. The summed E-state index contributed by atoms with van der Waals surface area (Å²) in [7, 11) is 1.57. The summed E-state index contributed by atoms with van der Waals surface area (Å²) in [6.07, 6.45) is 9.44. The van der Waals surface area contributed by atoms with Gasteiger partial charge in [0.25, 0.3) is 0 Å². The molecule has 0 aliphatic heterocycles. The molecule has 1 aliphatic carbocycles. The van der Waals surface area contributed by atoms with E-state index in [1.807, 2.05) is 6.07 Å². The molecule has 0 spiro atoms. The zero-order chi connectivity index (χ0) is 19.9. The summed E-state index contributed by atoms with van der Waals surface area (Å²) < 4.78 is 26.0. The lowest BCUT2D eigenvalue weighted by atomic mass is 9.87. The Labute approximate surface area is 166 Å². The average Bonchev–Trinajstić information content (AvgIpc) is 2.71. The Bertz CT molecular complexity index is 816. The van der Waals surface area contributed by atoms with Crippen LogP contribution in [-0.4, -0.2) is 18.7 Å². The van der Waals surface area contributed by atoms with Crippen LogP contribution in [0.25, 0.3) is 5.57 Å². The summed E-state index contributed by atoms with van der Waals surface area (Å²) in [6.45, 7) is 4.62. The second kappa shape index (κ2) is 9.58. The minimum atomic E-state index is -0.336. The van der Waals surface area contributed by atoms with Gasteiger partial charge in [0.05, 0.1) is 13.7 Å². The first kappa shape index (κ1) is 20.2. The summed E-state index contributed by atoms with van der Waals surface area (Å²) in [5.74, 6) is 1.76. The Kier molecular flexibility index (Phi) is 6.90. The van der Waals surface area contributed by atoms with Crippen molar-refractivity contribution in [3.63, 3.8) is 0 Å². The van der Waals surface area contributed by atoms with E-state index in [1.54, 1.807) is 25.4 Å². The highest BCUT2D eigenvalue weighted by Gasteiger charge is 2.16. The number of hydrogen-bond donors (Lipinski definition) is 1. The highest BCUT2D eigenvalue weighted by molar-refractivity contribution is 5.73. The lowest BCUT2D eigenvalue weighted by Gasteiger charge is -2.21. The maximum absolute atomic E-state index is 14.7. The van der Waals surface area contributed by atoms with Crippen molar-refractivity contribution in [2.24, 2.45) is 5.92 Å². The third kappa shape index (κ3) is 5.03. The first-order valence-corrected chi connectivity index (χ1v) is 9.96. The maximum Gasteiger partial charge on any atom is 0.164 e. The number of anilines is 1. The normalized spacial score (nSPS) is 14.6. The molecule has 5 heteroatoms. The third-order valence-electron chi connectivity index (χ3n) is 5.46. The minimum Gasteiger partial charge on any atom is -0.493 e. The van der Waals surface area contributed by atoms with Gasteiger partial charge in [0.15, 0.2) is 11.5 Å². The SMILES string of the molecule is C=C(Cc1cc(OC)c(OCCC2CCCCC2)cc1F)c1cccnc1N. The van der Waals surface area contributed by atoms with Crippen molar-refractivity contribution in [3.05, 3.63) is 54.0 Å². The van der Waals surface area contributed by atoms with E-state index in [2.05, 4.69) is 11.6 Å². The van der Waals surface area contributed by atoms with Crippen LogP contribution in [0.1, 0.15) is 49.7 Å². The van der Waals surface area contributed by atoms with Gasteiger partial charge in [0.1, 0.15) is 11.6 Å². The highest BCUT2D eigenvalue weighted by Crippen LogP contribution is 2.33. The van der Waals surface area contributed by atoms with Crippen molar-refractivity contribution < 1.29 is 13.9 Å². The van der Waals surface area contributed by atoms with Crippen LogP contribution in [0.5, 0.6) is 11.5 Å². The molecular formula is C23H29FN2O2. The number of pyridine rings is 1. The van der Waals surface area contributed by atoms with Crippen LogP contribution in [0.3, 0.4) is 0 Å². The molecule has 1 saturated carbocycles. The molecule has 0 saturated heterocycles. The van der Waals surface area contributed by atoms with Crippen molar-refractivity contribution in [3.8, 4) is 11.5 Å². The second-order valence-corrected chi connectivity index (χ2v) is 7.45. The summed E-state index contributed by atoms with van der Waals surface area (Å²) in [5.41, 5.74) is 7.83.